The zero-order valence-electron chi connectivity index (χ0n) is 19.0. The first-order valence-corrected chi connectivity index (χ1v) is 12.7. The third-order valence-corrected chi connectivity index (χ3v) is 8.59. The van der Waals surface area contributed by atoms with Crippen molar-refractivity contribution < 1.29 is 4.74 Å². The molecule has 3 heterocycles. The van der Waals surface area contributed by atoms with Gasteiger partial charge in [-0.3, -0.25) is 14.3 Å². The molecular weight excluding hydrogens is 446 g/mol. The Morgan fingerprint density at radius 1 is 1.12 bits per heavy atom. The Morgan fingerprint density at radius 2 is 1.97 bits per heavy atom. The molecule has 0 amide bonds. The molecule has 4 aromatic rings. The molecule has 0 radical (unpaired) electrons. The molecule has 6 nitrogen and oxygen atoms in total. The van der Waals surface area contributed by atoms with Gasteiger partial charge in [0.15, 0.2) is 0 Å². The molecule has 1 fully saturated rings. The van der Waals surface area contributed by atoms with Crippen molar-refractivity contribution in [2.45, 2.75) is 37.8 Å². The Morgan fingerprint density at radius 3 is 2.79 bits per heavy atom. The minimum absolute atomic E-state index is 0.211. The number of benzene rings is 2. The predicted octanol–water partition coefficient (Wildman–Crippen LogP) is 4.14. The number of nitrogens with one attached hydrogen (secondary N) is 2. The molecule has 34 heavy (non-hydrogen) atoms. The van der Waals surface area contributed by atoms with Crippen molar-refractivity contribution >= 4 is 21.6 Å². The first-order valence-electron chi connectivity index (χ1n) is 11.9. The van der Waals surface area contributed by atoms with Crippen LogP contribution in [0, 0.1) is 5.92 Å². The maximum atomic E-state index is 13.3. The second-order valence-corrected chi connectivity index (χ2v) is 10.3. The van der Waals surface area contributed by atoms with E-state index in [-0.39, 0.29) is 17.3 Å². The van der Waals surface area contributed by atoms with Gasteiger partial charge in [0.1, 0.15) is 10.6 Å². The van der Waals surface area contributed by atoms with Crippen molar-refractivity contribution in [3.05, 3.63) is 86.6 Å². The number of thiophene rings is 1. The fourth-order valence-corrected chi connectivity index (χ4v) is 6.91. The van der Waals surface area contributed by atoms with Gasteiger partial charge in [-0.15, -0.1) is 11.3 Å². The molecule has 3 atom stereocenters. The van der Waals surface area contributed by atoms with Gasteiger partial charge in [-0.05, 0) is 60.5 Å². The van der Waals surface area contributed by atoms with Crippen LogP contribution in [0.4, 0.5) is 0 Å². The summed E-state index contributed by atoms with van der Waals surface area (Å²) in [6.07, 6.45) is 2.89. The van der Waals surface area contributed by atoms with Gasteiger partial charge in [-0.25, -0.2) is 4.79 Å². The standard InChI is InChI=1S/C27H27N3O3S/c1-33-22-9-5-8-19-18(22)11-10-17-15-28-21(24(17)19)12-13-30-26(31)20-14-23(16-6-3-2-4-7-16)34-25(20)29-27(30)32/h2-9,14,17,21,24,28H,10-13,15H2,1H3,(H,29,32)/t17-,21?,24+/m0/s1. The van der Waals surface area contributed by atoms with Crippen LogP contribution in [0.3, 0.4) is 0 Å². The molecule has 6 rings (SSSR count). The van der Waals surface area contributed by atoms with Gasteiger partial charge in [-0.2, -0.15) is 0 Å². The molecule has 1 aliphatic heterocycles. The number of aromatic amines is 1. The first kappa shape index (κ1) is 21.4. The van der Waals surface area contributed by atoms with Crippen LogP contribution in [0.25, 0.3) is 20.7 Å². The zero-order chi connectivity index (χ0) is 23.2. The molecule has 2 aromatic carbocycles. The molecule has 1 aliphatic carbocycles. The van der Waals surface area contributed by atoms with Crippen molar-refractivity contribution in [3.63, 3.8) is 0 Å². The Bertz CT molecular complexity index is 1470. The van der Waals surface area contributed by atoms with Gasteiger partial charge < -0.3 is 10.1 Å². The van der Waals surface area contributed by atoms with E-state index in [1.54, 1.807) is 7.11 Å². The van der Waals surface area contributed by atoms with E-state index in [9.17, 15) is 9.59 Å². The van der Waals surface area contributed by atoms with Gasteiger partial charge in [0.2, 0.25) is 0 Å². The monoisotopic (exact) mass is 473 g/mol. The number of aromatic nitrogens is 2. The van der Waals surface area contributed by atoms with Gasteiger partial charge in [0.05, 0.1) is 12.5 Å². The zero-order valence-corrected chi connectivity index (χ0v) is 19.9. The van der Waals surface area contributed by atoms with Crippen LogP contribution >= 0.6 is 11.3 Å². The number of H-pyrrole nitrogens is 1. The number of fused-ring (bicyclic) bond motifs is 4. The van der Waals surface area contributed by atoms with E-state index in [1.165, 1.54) is 27.0 Å². The first-order chi connectivity index (χ1) is 16.6. The minimum atomic E-state index is -0.334. The van der Waals surface area contributed by atoms with E-state index in [2.05, 4.69) is 22.4 Å². The summed E-state index contributed by atoms with van der Waals surface area (Å²) in [6, 6.07) is 18.4. The maximum Gasteiger partial charge on any atom is 0.329 e. The van der Waals surface area contributed by atoms with Crippen LogP contribution in [0.1, 0.15) is 29.9 Å². The molecule has 2 aromatic heterocycles. The highest BCUT2D eigenvalue weighted by atomic mass is 32.1. The second-order valence-electron chi connectivity index (χ2n) is 9.26. The molecule has 0 spiro atoms. The summed E-state index contributed by atoms with van der Waals surface area (Å²) < 4.78 is 6.99. The van der Waals surface area contributed by atoms with Crippen LogP contribution < -0.4 is 21.3 Å². The summed E-state index contributed by atoms with van der Waals surface area (Å²) in [5.41, 5.74) is 3.16. The van der Waals surface area contributed by atoms with E-state index in [1.807, 2.05) is 42.5 Å². The Hall–Kier alpha value is -3.16. The fourth-order valence-electron chi connectivity index (χ4n) is 5.86. The van der Waals surface area contributed by atoms with Crippen LogP contribution in [0.5, 0.6) is 5.75 Å². The summed E-state index contributed by atoms with van der Waals surface area (Å²) in [7, 11) is 1.73. The molecule has 1 saturated heterocycles. The third kappa shape index (κ3) is 3.51. The summed E-state index contributed by atoms with van der Waals surface area (Å²) in [5.74, 6) is 1.92. The average molecular weight is 474 g/mol. The van der Waals surface area contributed by atoms with Gasteiger partial charge in [-0.1, -0.05) is 42.5 Å². The van der Waals surface area contributed by atoms with Crippen molar-refractivity contribution in [2.24, 2.45) is 5.92 Å². The Balaban J connectivity index is 1.29. The molecule has 7 heteroatoms. The minimum Gasteiger partial charge on any atom is -0.496 e. The van der Waals surface area contributed by atoms with Crippen molar-refractivity contribution in [1.29, 1.82) is 0 Å². The molecule has 0 saturated carbocycles. The summed E-state index contributed by atoms with van der Waals surface area (Å²) in [5, 5.41) is 4.26. The van der Waals surface area contributed by atoms with E-state index in [0.717, 1.165) is 42.0 Å². The normalized spacial score (nSPS) is 21.4. The summed E-state index contributed by atoms with van der Waals surface area (Å²) in [6.45, 7) is 1.36. The number of rotatable bonds is 5. The van der Waals surface area contributed by atoms with Crippen LogP contribution in [0.2, 0.25) is 0 Å². The highest BCUT2D eigenvalue weighted by molar-refractivity contribution is 7.21. The quantitative estimate of drug-likeness (QED) is 0.457. The maximum absolute atomic E-state index is 13.3. The molecular formula is C27H27N3O3S. The lowest BCUT2D eigenvalue weighted by atomic mass is 9.73. The van der Waals surface area contributed by atoms with Crippen molar-refractivity contribution in [2.75, 3.05) is 13.7 Å². The predicted molar refractivity (Wildman–Crippen MR) is 136 cm³/mol. The second kappa shape index (κ2) is 8.56. The molecule has 0 bridgehead atoms. The highest BCUT2D eigenvalue weighted by Gasteiger charge is 2.40. The fraction of sp³-hybridized carbons (Fsp3) is 0.333. The average Bonchev–Trinajstić information content (AvgIpc) is 3.48. The molecule has 2 aliphatic rings. The van der Waals surface area contributed by atoms with Gasteiger partial charge >= 0.3 is 5.69 Å². The number of nitrogens with zero attached hydrogens (tertiary/aromatic N) is 1. The van der Waals surface area contributed by atoms with Crippen molar-refractivity contribution in [3.8, 4) is 16.2 Å². The number of hydrogen-bond acceptors (Lipinski definition) is 5. The lowest BCUT2D eigenvalue weighted by Crippen LogP contribution is -2.37. The number of ether oxygens (including phenoxy) is 1. The molecule has 174 valence electrons. The van der Waals surface area contributed by atoms with E-state index in [4.69, 9.17) is 4.74 Å². The Kier molecular flexibility index (Phi) is 5.38. The summed E-state index contributed by atoms with van der Waals surface area (Å²) in [4.78, 5) is 30.7. The topological polar surface area (TPSA) is 76.1 Å². The van der Waals surface area contributed by atoms with E-state index in [0.29, 0.717) is 28.6 Å². The lowest BCUT2D eigenvalue weighted by Gasteiger charge is -2.32. The number of hydrogen-bond donors (Lipinski definition) is 2. The van der Waals surface area contributed by atoms with Gasteiger partial charge in [0, 0.05) is 23.4 Å². The largest absolute Gasteiger partial charge is 0.496 e. The smallest absolute Gasteiger partial charge is 0.329 e. The van der Waals surface area contributed by atoms with Gasteiger partial charge in [0.25, 0.3) is 5.56 Å². The van der Waals surface area contributed by atoms with Crippen molar-refractivity contribution in [1.82, 2.24) is 14.9 Å². The molecule has 2 N–H and O–H groups in total. The molecule has 1 unspecified atom stereocenters. The van der Waals surface area contributed by atoms with Crippen LogP contribution in [-0.4, -0.2) is 29.2 Å². The summed E-state index contributed by atoms with van der Waals surface area (Å²) >= 11 is 1.45. The SMILES string of the molecule is COc1cccc2c1CC[C@H]1CNC(CCn3c(=O)[nH]c4sc(-c5ccccc5)cc4c3=O)[C@@H]21. The lowest BCUT2D eigenvalue weighted by molar-refractivity contribution is 0.371. The van der Waals surface area contributed by atoms with E-state index < -0.39 is 0 Å². The number of methoxy groups -OCH3 is 1. The van der Waals surface area contributed by atoms with Crippen LogP contribution in [0.15, 0.2) is 64.2 Å². The Labute approximate surface area is 201 Å². The highest BCUT2D eigenvalue weighted by Crippen LogP contribution is 2.45. The van der Waals surface area contributed by atoms with Crippen LogP contribution in [-0.2, 0) is 13.0 Å². The van der Waals surface area contributed by atoms with E-state index >= 15 is 0 Å². The third-order valence-electron chi connectivity index (χ3n) is 7.49.